The highest BCUT2D eigenvalue weighted by Crippen LogP contribution is 2.32. The van der Waals surface area contributed by atoms with Crippen molar-refractivity contribution < 1.29 is 38.2 Å². The maximum atomic E-state index is 13.8. The predicted octanol–water partition coefficient (Wildman–Crippen LogP) is 3.69. The molecule has 2 atom stereocenters. The van der Waals surface area contributed by atoms with Crippen molar-refractivity contribution in [3.63, 3.8) is 0 Å². The van der Waals surface area contributed by atoms with Crippen LogP contribution in [0.15, 0.2) is 54.7 Å². The molecule has 5 aromatic rings. The highest BCUT2D eigenvalue weighted by Gasteiger charge is 2.39. The number of benzene rings is 2. The van der Waals surface area contributed by atoms with E-state index in [1.807, 2.05) is 31.0 Å². The molecule has 348 valence electrons. The van der Waals surface area contributed by atoms with E-state index in [1.165, 1.54) is 4.90 Å². The monoisotopic (exact) mass is 910 g/mol. The normalized spacial score (nSPS) is 19.0. The lowest BCUT2D eigenvalue weighted by Gasteiger charge is -2.34. The number of imidazole rings is 1. The van der Waals surface area contributed by atoms with E-state index in [1.54, 1.807) is 35.1 Å². The van der Waals surface area contributed by atoms with E-state index < -0.39 is 11.9 Å². The second-order valence-corrected chi connectivity index (χ2v) is 17.6. The number of hydrogen-bond donors (Lipinski definition) is 2. The highest BCUT2D eigenvalue weighted by atomic mass is 16.5. The summed E-state index contributed by atoms with van der Waals surface area (Å²) in [5.74, 6) is 6.09. The predicted molar refractivity (Wildman–Crippen MR) is 246 cm³/mol. The number of imide groups is 1. The first kappa shape index (κ1) is 45.2. The fraction of sp³-hybridized carbons (Fsp3) is 0.429. The molecule has 0 radical (unpaired) electrons. The van der Waals surface area contributed by atoms with E-state index in [-0.39, 0.29) is 68.9 Å². The fourth-order valence-corrected chi connectivity index (χ4v) is 9.17. The van der Waals surface area contributed by atoms with Gasteiger partial charge >= 0.3 is 0 Å². The smallest absolute Gasteiger partial charge is 0.258 e. The number of fused-ring (bicyclic) bond motifs is 8. The molecule has 9 rings (SSSR count). The van der Waals surface area contributed by atoms with Crippen molar-refractivity contribution in [1.82, 2.24) is 44.3 Å². The molecule has 2 saturated heterocycles. The third-order valence-electron chi connectivity index (χ3n) is 12.7. The van der Waals surface area contributed by atoms with E-state index >= 15 is 0 Å². The highest BCUT2D eigenvalue weighted by molar-refractivity contribution is 6.06. The van der Waals surface area contributed by atoms with Gasteiger partial charge in [0, 0.05) is 81.7 Å². The van der Waals surface area contributed by atoms with E-state index in [9.17, 15) is 24.0 Å². The summed E-state index contributed by atoms with van der Waals surface area (Å²) in [7, 11) is 1.84. The first-order chi connectivity index (χ1) is 32.5. The van der Waals surface area contributed by atoms with Crippen LogP contribution in [0, 0.1) is 24.7 Å². The molecule has 67 heavy (non-hydrogen) atoms. The summed E-state index contributed by atoms with van der Waals surface area (Å²) in [6, 6.07) is 14.4. The molecular weight excluding hydrogens is 857 g/mol. The molecule has 5 amide bonds. The number of piperidine rings is 1. The number of nitrogens with one attached hydrogen (secondary N) is 2. The van der Waals surface area contributed by atoms with Crippen LogP contribution >= 0.6 is 0 Å². The molecule has 1 unspecified atom stereocenters. The van der Waals surface area contributed by atoms with Gasteiger partial charge in [-0.3, -0.25) is 44.5 Å². The second kappa shape index (κ2) is 19.9. The van der Waals surface area contributed by atoms with Gasteiger partial charge in [0.25, 0.3) is 11.8 Å². The number of amides is 5. The maximum absolute atomic E-state index is 13.8. The molecule has 2 N–H and O–H groups in total. The van der Waals surface area contributed by atoms with E-state index in [4.69, 9.17) is 24.2 Å². The third kappa shape index (κ3) is 10.1. The van der Waals surface area contributed by atoms with Gasteiger partial charge in [-0.05, 0) is 79.6 Å². The van der Waals surface area contributed by atoms with Gasteiger partial charge in [0.15, 0.2) is 0 Å². The van der Waals surface area contributed by atoms with Gasteiger partial charge < -0.3 is 28.6 Å². The molecule has 4 aliphatic rings. The molecule has 18 heteroatoms. The summed E-state index contributed by atoms with van der Waals surface area (Å²) < 4.78 is 21.3. The van der Waals surface area contributed by atoms with Crippen molar-refractivity contribution >= 4 is 46.5 Å². The minimum absolute atomic E-state index is 0.0407. The molecule has 7 heterocycles. The number of carbonyl (C=O) groups excluding carboxylic acids is 5. The molecular formula is C49H54N10O8. The third-order valence-corrected chi connectivity index (χ3v) is 12.7. The Morgan fingerprint density at radius 2 is 1.79 bits per heavy atom. The molecule has 0 saturated carbocycles. The molecule has 0 spiro atoms. The second-order valence-electron chi connectivity index (χ2n) is 17.6. The fourth-order valence-electron chi connectivity index (χ4n) is 9.17. The number of hydrogen-bond acceptors (Lipinski definition) is 12. The Labute approximate surface area is 387 Å². The molecule has 0 aliphatic carbocycles. The SMILES string of the molecule is Cc1cc2cc(n1)-c1cnn(C)c1OCCC[C@@H](C)Cn1c(nc3ccc(CN4CCN(C(=O)COCCOCC#Cc5cccc6c5CN(C5CCC(=O)NC5=O)C6=O)CC4)cc31)NC2=O. The Hall–Kier alpha value is -6.94. The molecule has 2 fully saturated rings. The Kier molecular flexibility index (Phi) is 13.4. The van der Waals surface area contributed by atoms with Crippen LogP contribution in [-0.4, -0.2) is 134 Å². The van der Waals surface area contributed by atoms with Gasteiger partial charge in [-0.2, -0.15) is 5.10 Å². The van der Waals surface area contributed by atoms with E-state index in [0.717, 1.165) is 40.6 Å². The summed E-state index contributed by atoms with van der Waals surface area (Å²) in [5.41, 5.74) is 7.33. The van der Waals surface area contributed by atoms with Crippen molar-refractivity contribution in [3.8, 4) is 29.0 Å². The Morgan fingerprint density at radius 3 is 2.63 bits per heavy atom. The zero-order valence-electron chi connectivity index (χ0n) is 38.0. The van der Waals surface area contributed by atoms with Gasteiger partial charge in [-0.1, -0.05) is 30.9 Å². The zero-order chi connectivity index (χ0) is 46.6. The maximum Gasteiger partial charge on any atom is 0.258 e. The van der Waals surface area contributed by atoms with Crippen molar-refractivity contribution in [2.75, 3.05) is 64.5 Å². The first-order valence-electron chi connectivity index (χ1n) is 22.8. The van der Waals surface area contributed by atoms with Crippen LogP contribution in [0.4, 0.5) is 5.95 Å². The standard InChI is InChI=1S/C49H54N10O8/c1-31-7-5-20-67-48-37(26-50-55(48)3)40-25-35(23-32(2)51-40)45(62)54-49-52-39-12-11-33(24-42(39)59(49)27-31)28-56-15-17-57(18-16-56)44(61)30-66-22-21-65-19-6-9-34-8-4-10-36-38(34)29-58(47(36)64)41-13-14-43(60)53-46(41)63/h4,8,10-12,23-26,31,41H,5,7,13-22,27-30H2,1-3H3,(H,52,54,62)(H,53,60,63)/t31-,41?/m1/s1. The van der Waals surface area contributed by atoms with Crippen LogP contribution in [-0.2, 0) is 50.5 Å². The van der Waals surface area contributed by atoms with Gasteiger partial charge in [0.05, 0.1) is 48.3 Å². The summed E-state index contributed by atoms with van der Waals surface area (Å²) in [6.07, 6.45) is 3.96. The number of aromatic nitrogens is 5. The van der Waals surface area contributed by atoms with Crippen molar-refractivity contribution in [3.05, 3.63) is 88.2 Å². The van der Waals surface area contributed by atoms with Crippen molar-refractivity contribution in [2.45, 2.75) is 65.2 Å². The lowest BCUT2D eigenvalue weighted by atomic mass is 10.0. The number of carbonyl (C=O) groups is 5. The Morgan fingerprint density at radius 1 is 0.955 bits per heavy atom. The summed E-state index contributed by atoms with van der Waals surface area (Å²) >= 11 is 0. The number of aryl methyl sites for hydroxylation is 2. The molecule has 3 aromatic heterocycles. The average molecular weight is 911 g/mol. The van der Waals surface area contributed by atoms with Crippen LogP contribution in [0.3, 0.4) is 0 Å². The molecule has 2 bridgehead atoms. The Bertz CT molecular complexity index is 2800. The van der Waals surface area contributed by atoms with E-state index in [2.05, 4.69) is 56.1 Å². The minimum atomic E-state index is -0.687. The van der Waals surface area contributed by atoms with Gasteiger partial charge in [0.2, 0.25) is 29.5 Å². The number of ether oxygens (including phenoxy) is 3. The Balaban J connectivity index is 0.744. The van der Waals surface area contributed by atoms with Crippen LogP contribution in [0.2, 0.25) is 0 Å². The minimum Gasteiger partial charge on any atom is -0.477 e. The molecule has 4 aliphatic heterocycles. The van der Waals surface area contributed by atoms with Gasteiger partial charge in [0.1, 0.15) is 19.3 Å². The topological polar surface area (TPSA) is 195 Å². The van der Waals surface area contributed by atoms with Crippen LogP contribution < -0.4 is 15.4 Å². The van der Waals surface area contributed by atoms with Crippen molar-refractivity contribution in [2.24, 2.45) is 13.0 Å². The number of pyridine rings is 1. The summed E-state index contributed by atoms with van der Waals surface area (Å²) in [4.78, 5) is 79.3. The van der Waals surface area contributed by atoms with Gasteiger partial charge in [-0.15, -0.1) is 0 Å². The van der Waals surface area contributed by atoms with E-state index in [0.29, 0.717) is 92.2 Å². The van der Waals surface area contributed by atoms with Crippen molar-refractivity contribution in [1.29, 1.82) is 0 Å². The average Bonchev–Trinajstić information content (AvgIpc) is 3.97. The quantitative estimate of drug-likeness (QED) is 0.124. The number of piperazine rings is 1. The zero-order valence-corrected chi connectivity index (χ0v) is 38.0. The summed E-state index contributed by atoms with van der Waals surface area (Å²) in [5, 5.41) is 9.84. The number of anilines is 1. The van der Waals surface area contributed by atoms with Gasteiger partial charge in [-0.25, -0.2) is 9.67 Å². The van der Waals surface area contributed by atoms with Crippen LogP contribution in [0.1, 0.15) is 75.7 Å². The molecule has 18 nitrogen and oxygen atoms in total. The lowest BCUT2D eigenvalue weighted by molar-refractivity contribution is -0.139. The number of rotatable bonds is 9. The van der Waals surface area contributed by atoms with Crippen LogP contribution in [0.5, 0.6) is 5.88 Å². The molecule has 2 aromatic carbocycles. The summed E-state index contributed by atoms with van der Waals surface area (Å²) in [6.45, 7) is 9.39. The first-order valence-corrected chi connectivity index (χ1v) is 22.8. The largest absolute Gasteiger partial charge is 0.477 e. The van der Waals surface area contributed by atoms with Crippen LogP contribution in [0.25, 0.3) is 22.3 Å². The lowest BCUT2D eigenvalue weighted by Crippen LogP contribution is -2.52. The number of nitrogens with zero attached hydrogens (tertiary/aromatic N) is 8.